The van der Waals surface area contributed by atoms with E-state index in [1.807, 2.05) is 58.0 Å². The van der Waals surface area contributed by atoms with Crippen LogP contribution in [-0.4, -0.2) is 106 Å². The third kappa shape index (κ3) is 8.90. The lowest BCUT2D eigenvalue weighted by Gasteiger charge is -2.34. The molecule has 15 nitrogen and oxygen atoms in total. The zero-order chi connectivity index (χ0) is 43.2. The molecule has 0 bridgehead atoms. The number of phenols is 2. The summed E-state index contributed by atoms with van der Waals surface area (Å²) >= 11 is 0. The zero-order valence-electron chi connectivity index (χ0n) is 34.6. The van der Waals surface area contributed by atoms with Crippen LogP contribution < -0.4 is 16.0 Å². The maximum absolute atomic E-state index is 13.6. The lowest BCUT2D eigenvalue weighted by Crippen LogP contribution is -2.54. The molecule has 316 valence electrons. The number of phenolic OH excluding ortho intramolecular Hbond substituents is 2. The highest BCUT2D eigenvalue weighted by Crippen LogP contribution is 2.41. The Kier molecular flexibility index (Phi) is 13.4. The number of methoxy groups -OCH3 is 1. The molecule has 5 N–H and O–H groups in total. The summed E-state index contributed by atoms with van der Waals surface area (Å²) in [5.41, 5.74) is 3.80. The van der Waals surface area contributed by atoms with Crippen LogP contribution in [0.5, 0.6) is 11.5 Å². The number of ether oxygens (including phenoxy) is 1. The molecule has 2 fully saturated rings. The van der Waals surface area contributed by atoms with Crippen LogP contribution >= 0.6 is 0 Å². The second kappa shape index (κ2) is 18.6. The summed E-state index contributed by atoms with van der Waals surface area (Å²) in [5, 5.41) is 29.6. The van der Waals surface area contributed by atoms with Gasteiger partial charge in [-0.2, -0.15) is 0 Å². The van der Waals surface area contributed by atoms with Crippen molar-refractivity contribution in [3.05, 3.63) is 99.6 Å². The number of carbonyl (C=O) groups excluding carboxylic acids is 6. The van der Waals surface area contributed by atoms with Gasteiger partial charge in [-0.15, -0.1) is 0 Å². The molecule has 0 spiro atoms. The number of carbonyl (C=O) groups is 6. The highest BCUT2D eigenvalue weighted by molar-refractivity contribution is 6.26. The van der Waals surface area contributed by atoms with Gasteiger partial charge in [-0.05, 0) is 60.6 Å². The molecule has 1 atom stereocenters. The minimum Gasteiger partial charge on any atom is -0.508 e. The molecule has 1 unspecified atom stereocenters. The van der Waals surface area contributed by atoms with Gasteiger partial charge in [0.05, 0.1) is 29.5 Å². The van der Waals surface area contributed by atoms with Crippen LogP contribution in [0.4, 0.5) is 10.5 Å². The van der Waals surface area contributed by atoms with Gasteiger partial charge in [0.1, 0.15) is 23.3 Å². The number of nitrogens with zero attached hydrogens (tertiary/aromatic N) is 3. The number of urea groups is 1. The van der Waals surface area contributed by atoms with Gasteiger partial charge in [-0.1, -0.05) is 63.6 Å². The Morgan fingerprint density at radius 3 is 2.30 bits per heavy atom. The molecular weight excluding hydrogens is 769 g/mol. The van der Waals surface area contributed by atoms with E-state index in [0.717, 1.165) is 16.9 Å². The largest absolute Gasteiger partial charge is 0.508 e. The first-order valence-corrected chi connectivity index (χ1v) is 20.3. The Bertz CT molecular complexity index is 2260. The fraction of sp³-hybridized carbons (Fsp3) is 0.378. The predicted octanol–water partition coefficient (Wildman–Crippen LogP) is 5.35. The molecule has 3 aliphatic rings. The normalized spacial score (nSPS) is 17.7. The molecule has 3 aliphatic heterocycles. The summed E-state index contributed by atoms with van der Waals surface area (Å²) in [4.78, 5) is 82.8. The van der Waals surface area contributed by atoms with Gasteiger partial charge >= 0.3 is 6.03 Å². The molecule has 0 aliphatic carbocycles. The summed E-state index contributed by atoms with van der Waals surface area (Å²) in [6.07, 6.45) is 3.33. The van der Waals surface area contributed by atoms with Gasteiger partial charge in [0.2, 0.25) is 11.8 Å². The van der Waals surface area contributed by atoms with Crippen LogP contribution in [0.2, 0.25) is 0 Å². The highest BCUT2D eigenvalue weighted by Gasteiger charge is 2.46. The summed E-state index contributed by atoms with van der Waals surface area (Å²) in [6, 6.07) is 13.8. The monoisotopic (exact) mass is 820 g/mol. The van der Waals surface area contributed by atoms with E-state index in [1.54, 1.807) is 23.1 Å². The highest BCUT2D eigenvalue weighted by atomic mass is 16.5. The molecule has 2 saturated heterocycles. The number of hydrogen-bond donors (Lipinski definition) is 5. The van der Waals surface area contributed by atoms with Gasteiger partial charge < -0.3 is 30.5 Å². The summed E-state index contributed by atoms with van der Waals surface area (Å²) in [7, 11) is 1.49. The van der Waals surface area contributed by atoms with E-state index in [-0.39, 0.29) is 58.7 Å². The average Bonchev–Trinajstić information content (AvgIpc) is 3.47. The van der Waals surface area contributed by atoms with Crippen LogP contribution in [0.15, 0.2) is 66.2 Å². The van der Waals surface area contributed by atoms with Gasteiger partial charge in [-0.25, -0.2) is 4.79 Å². The fourth-order valence-corrected chi connectivity index (χ4v) is 7.80. The number of hydrogen-bond acceptors (Lipinski definition) is 10. The summed E-state index contributed by atoms with van der Waals surface area (Å²) in [6.45, 7) is 10.6. The van der Waals surface area contributed by atoms with Crippen LogP contribution in [0.1, 0.15) is 102 Å². The smallest absolute Gasteiger partial charge is 0.321 e. The van der Waals surface area contributed by atoms with Crippen molar-refractivity contribution in [2.45, 2.75) is 71.9 Å². The van der Waals surface area contributed by atoms with Crippen LogP contribution in [0, 0.1) is 0 Å². The molecule has 0 aromatic heterocycles. The van der Waals surface area contributed by atoms with E-state index in [2.05, 4.69) is 20.9 Å². The van der Waals surface area contributed by atoms with Crippen molar-refractivity contribution in [3.8, 4) is 11.5 Å². The van der Waals surface area contributed by atoms with E-state index in [1.165, 1.54) is 19.2 Å². The molecule has 0 radical (unpaired) electrons. The number of piperidine rings is 1. The molecule has 7 amide bonds. The number of allylic oxidation sites excluding steroid dienone is 1. The number of piperazine rings is 1. The standard InChI is InChI=1S/C45H52N6O9/c1-6-8-10-29(41(55)46-7-2)38(40(60-5)32-23-31(26(3)4)35(52)24-36(32)53)28-15-13-27(14-16-28)25-49-19-21-50(22-20-49)45(59)47-33-12-9-11-30-39(33)44(58)51(43(30)57)34-17-18-37(54)48-42(34)56/h9-16,23-24,26,34,52-53H,6-8,17-22,25H2,1-5H3,(H,46,55)(H,47,59)(H,48,54,56)/b29-10-,40-38-. The molecule has 3 aromatic rings. The van der Waals surface area contributed by atoms with Crippen LogP contribution in [0.3, 0.4) is 0 Å². The minimum absolute atomic E-state index is 0.00246. The molecule has 60 heavy (non-hydrogen) atoms. The second-order valence-corrected chi connectivity index (χ2v) is 15.3. The first kappa shape index (κ1) is 43.1. The van der Waals surface area contributed by atoms with Crippen LogP contribution in [-0.2, 0) is 25.7 Å². The van der Waals surface area contributed by atoms with Crippen molar-refractivity contribution < 1.29 is 43.7 Å². The third-order valence-corrected chi connectivity index (χ3v) is 10.9. The van der Waals surface area contributed by atoms with E-state index >= 15 is 0 Å². The van der Waals surface area contributed by atoms with E-state index in [9.17, 15) is 39.0 Å². The van der Waals surface area contributed by atoms with Crippen molar-refractivity contribution in [2.75, 3.05) is 45.2 Å². The van der Waals surface area contributed by atoms with Gasteiger partial charge in [0, 0.05) is 62.9 Å². The van der Waals surface area contributed by atoms with E-state index in [4.69, 9.17) is 4.74 Å². The number of unbranched alkanes of at least 4 members (excludes halogenated alkanes) is 1. The molecule has 3 heterocycles. The topological polar surface area (TPSA) is 198 Å². The molecule has 3 aromatic carbocycles. The second-order valence-electron chi connectivity index (χ2n) is 15.3. The van der Waals surface area contributed by atoms with Crippen molar-refractivity contribution in [2.24, 2.45) is 0 Å². The number of nitrogens with one attached hydrogen (secondary N) is 3. The van der Waals surface area contributed by atoms with E-state index < -0.39 is 35.7 Å². The molecular formula is C45H52N6O9. The quantitative estimate of drug-likeness (QED) is 0.0493. The number of aromatic hydroxyl groups is 2. The Hall–Kier alpha value is -6.48. The number of imide groups is 2. The lowest BCUT2D eigenvalue weighted by atomic mass is 9.90. The van der Waals surface area contributed by atoms with E-state index in [0.29, 0.717) is 73.5 Å². The molecule has 15 heteroatoms. The number of amides is 7. The van der Waals surface area contributed by atoms with Crippen LogP contribution in [0.25, 0.3) is 11.3 Å². The number of fused-ring (bicyclic) bond motifs is 1. The number of rotatable bonds is 13. The molecule has 6 rings (SSSR count). The zero-order valence-corrected chi connectivity index (χ0v) is 34.6. The fourth-order valence-electron chi connectivity index (χ4n) is 7.80. The maximum Gasteiger partial charge on any atom is 0.321 e. The average molecular weight is 821 g/mol. The Labute approximate surface area is 349 Å². The summed E-state index contributed by atoms with van der Waals surface area (Å²) in [5.74, 6) is -2.80. The Morgan fingerprint density at radius 2 is 1.67 bits per heavy atom. The maximum atomic E-state index is 13.6. The Balaban J connectivity index is 1.17. The van der Waals surface area contributed by atoms with Crippen molar-refractivity contribution in [1.82, 2.24) is 25.3 Å². The predicted molar refractivity (Wildman–Crippen MR) is 225 cm³/mol. The number of benzene rings is 3. The third-order valence-electron chi connectivity index (χ3n) is 10.9. The first-order chi connectivity index (χ1) is 28.8. The Morgan fingerprint density at radius 1 is 0.950 bits per heavy atom. The van der Waals surface area contributed by atoms with Gasteiger partial charge in [0.25, 0.3) is 17.7 Å². The van der Waals surface area contributed by atoms with Crippen molar-refractivity contribution in [3.63, 3.8) is 0 Å². The lowest BCUT2D eigenvalue weighted by molar-refractivity contribution is -0.136. The number of anilines is 1. The minimum atomic E-state index is -1.12. The van der Waals surface area contributed by atoms with Crippen molar-refractivity contribution in [1.29, 1.82) is 0 Å². The number of likely N-dealkylation sites (N-methyl/N-ethyl adjacent to an activating group) is 1. The van der Waals surface area contributed by atoms with Gasteiger partial charge in [0.15, 0.2) is 0 Å². The SMILES string of the molecule is CCC/C=C(C(=O)NCC)/C(=C(\OC)c1cc(C(C)C)c(O)cc1O)c1ccc(CN2CCN(C(=O)Nc3cccc4c3C(=O)N(C3CCC(=O)NC3=O)C4=O)CC2)cc1. The summed E-state index contributed by atoms with van der Waals surface area (Å²) < 4.78 is 6.00. The van der Waals surface area contributed by atoms with Gasteiger partial charge in [-0.3, -0.25) is 39.1 Å². The molecule has 0 saturated carbocycles. The van der Waals surface area contributed by atoms with Crippen molar-refractivity contribution >= 4 is 52.6 Å². The first-order valence-electron chi connectivity index (χ1n) is 20.3.